The summed E-state index contributed by atoms with van der Waals surface area (Å²) >= 11 is 0. The van der Waals surface area contributed by atoms with Crippen LogP contribution in [0.1, 0.15) is 58.5 Å². The lowest BCUT2D eigenvalue weighted by Gasteiger charge is -2.35. The van der Waals surface area contributed by atoms with Crippen molar-refractivity contribution in [2.24, 2.45) is 0 Å². The summed E-state index contributed by atoms with van der Waals surface area (Å²) in [6, 6.07) is 8.22. The van der Waals surface area contributed by atoms with E-state index in [0.717, 1.165) is 41.9 Å². The average molecular weight is 392 g/mol. The van der Waals surface area contributed by atoms with Gasteiger partial charge in [0.05, 0.1) is 23.0 Å². The van der Waals surface area contributed by atoms with Gasteiger partial charge in [0.15, 0.2) is 5.82 Å². The molecule has 1 aromatic carbocycles. The van der Waals surface area contributed by atoms with E-state index in [9.17, 15) is 9.90 Å². The van der Waals surface area contributed by atoms with Gasteiger partial charge in [-0.05, 0) is 70.4 Å². The van der Waals surface area contributed by atoms with Crippen molar-refractivity contribution in [1.82, 2.24) is 20.0 Å². The van der Waals surface area contributed by atoms with E-state index >= 15 is 0 Å². The van der Waals surface area contributed by atoms with Gasteiger partial charge in [0.1, 0.15) is 11.5 Å². The van der Waals surface area contributed by atoms with Gasteiger partial charge in [0.25, 0.3) is 5.91 Å². The molecule has 0 bridgehead atoms. The Hall–Kier alpha value is -3.22. The summed E-state index contributed by atoms with van der Waals surface area (Å²) in [5, 5.41) is 13.5. The maximum atomic E-state index is 13.2. The first-order chi connectivity index (χ1) is 13.9. The molecule has 7 heteroatoms. The van der Waals surface area contributed by atoms with Crippen molar-refractivity contribution in [3.63, 3.8) is 0 Å². The number of phenols is 1. The molecule has 2 aromatic heterocycles. The fraction of sp³-hybridized carbons (Fsp3) is 0.364. The summed E-state index contributed by atoms with van der Waals surface area (Å²) in [4.78, 5) is 24.5. The molecule has 1 unspecified atom stereocenters. The molecule has 7 nitrogen and oxygen atoms in total. The van der Waals surface area contributed by atoms with E-state index in [4.69, 9.17) is 9.51 Å². The molecule has 1 aliphatic rings. The lowest BCUT2D eigenvalue weighted by molar-refractivity contribution is 0.0606. The first-order valence-corrected chi connectivity index (χ1v) is 9.83. The number of aryl methyl sites for hydroxylation is 3. The molecule has 3 aromatic rings. The third-order valence-electron chi connectivity index (χ3n) is 5.35. The quantitative estimate of drug-likeness (QED) is 0.720. The lowest BCUT2D eigenvalue weighted by Crippen LogP contribution is -2.39. The lowest BCUT2D eigenvalue weighted by atomic mass is 9.97. The summed E-state index contributed by atoms with van der Waals surface area (Å²) in [5.74, 6) is 1.36. The Bertz CT molecular complexity index is 1020. The van der Waals surface area contributed by atoms with Gasteiger partial charge >= 0.3 is 0 Å². The minimum atomic E-state index is -0.119. The molecule has 0 aliphatic carbocycles. The SMILES string of the molecule is Cc1cc(C2CCCCN2C(=O)c2ccc(O)cc2)nc(-c2c(C)noc2C)n1. The minimum absolute atomic E-state index is 0.0511. The molecule has 1 aliphatic heterocycles. The van der Waals surface area contributed by atoms with Crippen LogP contribution < -0.4 is 0 Å². The summed E-state index contributed by atoms with van der Waals surface area (Å²) in [7, 11) is 0. The third-order valence-corrected chi connectivity index (χ3v) is 5.35. The molecule has 150 valence electrons. The zero-order valence-corrected chi connectivity index (χ0v) is 16.8. The number of hydrogen-bond acceptors (Lipinski definition) is 6. The van der Waals surface area contributed by atoms with Crippen molar-refractivity contribution in [2.45, 2.75) is 46.1 Å². The first-order valence-electron chi connectivity index (χ1n) is 9.83. The fourth-order valence-electron chi connectivity index (χ4n) is 3.93. The normalized spacial score (nSPS) is 16.8. The number of carbonyl (C=O) groups is 1. The molecule has 29 heavy (non-hydrogen) atoms. The van der Waals surface area contributed by atoms with E-state index in [1.54, 1.807) is 12.1 Å². The topological polar surface area (TPSA) is 92.4 Å². The summed E-state index contributed by atoms with van der Waals surface area (Å²) in [6.45, 7) is 6.33. The molecule has 3 heterocycles. The first kappa shape index (κ1) is 19.1. The van der Waals surface area contributed by atoms with Gasteiger partial charge in [-0.1, -0.05) is 5.16 Å². The van der Waals surface area contributed by atoms with Crippen LogP contribution in [0, 0.1) is 20.8 Å². The highest BCUT2D eigenvalue weighted by Crippen LogP contribution is 2.33. The van der Waals surface area contributed by atoms with Crippen molar-refractivity contribution in [1.29, 1.82) is 0 Å². The highest BCUT2D eigenvalue weighted by molar-refractivity contribution is 5.94. The van der Waals surface area contributed by atoms with Crippen LogP contribution in [0.25, 0.3) is 11.4 Å². The van der Waals surface area contributed by atoms with Gasteiger partial charge in [0, 0.05) is 17.8 Å². The van der Waals surface area contributed by atoms with E-state index in [1.807, 2.05) is 31.7 Å². The van der Waals surface area contributed by atoms with Crippen LogP contribution in [-0.2, 0) is 0 Å². The van der Waals surface area contributed by atoms with Crippen molar-refractivity contribution in [2.75, 3.05) is 6.54 Å². The largest absolute Gasteiger partial charge is 0.508 e. The maximum Gasteiger partial charge on any atom is 0.254 e. The highest BCUT2D eigenvalue weighted by atomic mass is 16.5. The molecule has 0 radical (unpaired) electrons. The van der Waals surface area contributed by atoms with Gasteiger partial charge in [-0.2, -0.15) is 0 Å². The zero-order valence-electron chi connectivity index (χ0n) is 16.8. The Morgan fingerprint density at radius 2 is 1.90 bits per heavy atom. The molecule has 1 atom stereocenters. The summed E-state index contributed by atoms with van der Waals surface area (Å²) < 4.78 is 5.29. The summed E-state index contributed by atoms with van der Waals surface area (Å²) in [5.41, 5.74) is 3.79. The van der Waals surface area contributed by atoms with Gasteiger partial charge in [-0.25, -0.2) is 9.97 Å². The number of piperidine rings is 1. The number of likely N-dealkylation sites (tertiary alicyclic amines) is 1. The Morgan fingerprint density at radius 3 is 2.59 bits per heavy atom. The van der Waals surface area contributed by atoms with Crippen LogP contribution in [-0.4, -0.2) is 37.6 Å². The Balaban J connectivity index is 1.72. The van der Waals surface area contributed by atoms with E-state index in [0.29, 0.717) is 23.7 Å². The molecule has 4 rings (SSSR count). The molecule has 1 N–H and O–H groups in total. The molecular weight excluding hydrogens is 368 g/mol. The monoisotopic (exact) mass is 392 g/mol. The fourth-order valence-corrected chi connectivity index (χ4v) is 3.93. The Kier molecular flexibility index (Phi) is 5.05. The number of amides is 1. The highest BCUT2D eigenvalue weighted by Gasteiger charge is 2.30. The predicted octanol–water partition coefficient (Wildman–Crippen LogP) is 4.13. The molecular formula is C22H24N4O3. The van der Waals surface area contributed by atoms with E-state index in [2.05, 4.69) is 10.1 Å². The van der Waals surface area contributed by atoms with Gasteiger partial charge in [0.2, 0.25) is 0 Å². The van der Waals surface area contributed by atoms with Gasteiger partial charge < -0.3 is 14.5 Å². The maximum absolute atomic E-state index is 13.2. The standard InChI is InChI=1S/C22H24N4O3/c1-13-12-18(24-21(23-13)20-14(2)25-29-15(20)3)19-6-4-5-11-26(19)22(28)16-7-9-17(27)10-8-16/h7-10,12,19,27H,4-6,11H2,1-3H3. The van der Waals surface area contributed by atoms with Gasteiger partial charge in [-0.3, -0.25) is 4.79 Å². The minimum Gasteiger partial charge on any atom is -0.508 e. The molecule has 1 saturated heterocycles. The van der Waals surface area contributed by atoms with Crippen molar-refractivity contribution < 1.29 is 14.4 Å². The van der Waals surface area contributed by atoms with Crippen LogP contribution >= 0.6 is 0 Å². The number of aromatic nitrogens is 3. The Labute approximate surface area is 169 Å². The Morgan fingerprint density at radius 1 is 1.14 bits per heavy atom. The number of nitrogens with zero attached hydrogens (tertiary/aromatic N) is 4. The molecule has 1 fully saturated rings. The van der Waals surface area contributed by atoms with Crippen molar-refractivity contribution in [3.05, 3.63) is 58.7 Å². The van der Waals surface area contributed by atoms with E-state index in [-0.39, 0.29) is 17.7 Å². The number of hydrogen-bond donors (Lipinski definition) is 1. The number of phenolic OH excluding ortho intramolecular Hbond substituents is 1. The molecule has 0 spiro atoms. The zero-order chi connectivity index (χ0) is 20.5. The third kappa shape index (κ3) is 3.72. The van der Waals surface area contributed by atoms with Crippen LogP contribution in [0.3, 0.4) is 0 Å². The van der Waals surface area contributed by atoms with Crippen LogP contribution in [0.4, 0.5) is 0 Å². The van der Waals surface area contributed by atoms with Crippen molar-refractivity contribution in [3.8, 4) is 17.1 Å². The number of carbonyl (C=O) groups excluding carboxylic acids is 1. The average Bonchev–Trinajstić information content (AvgIpc) is 3.05. The number of rotatable bonds is 3. The van der Waals surface area contributed by atoms with Crippen molar-refractivity contribution >= 4 is 5.91 Å². The van der Waals surface area contributed by atoms with Crippen LogP contribution in [0.15, 0.2) is 34.9 Å². The van der Waals surface area contributed by atoms with E-state index < -0.39 is 0 Å². The second kappa shape index (κ2) is 7.66. The van der Waals surface area contributed by atoms with Crippen LogP contribution in [0.5, 0.6) is 5.75 Å². The second-order valence-electron chi connectivity index (χ2n) is 7.51. The number of aromatic hydroxyl groups is 1. The number of benzene rings is 1. The summed E-state index contributed by atoms with van der Waals surface area (Å²) in [6.07, 6.45) is 2.84. The molecule has 1 amide bonds. The van der Waals surface area contributed by atoms with Crippen LogP contribution in [0.2, 0.25) is 0 Å². The smallest absolute Gasteiger partial charge is 0.254 e. The predicted molar refractivity (Wildman–Crippen MR) is 107 cm³/mol. The van der Waals surface area contributed by atoms with Gasteiger partial charge in [-0.15, -0.1) is 0 Å². The second-order valence-corrected chi connectivity index (χ2v) is 7.51. The molecule has 0 saturated carbocycles. The van der Waals surface area contributed by atoms with E-state index in [1.165, 1.54) is 12.1 Å².